The van der Waals surface area contributed by atoms with E-state index in [1.807, 2.05) is 0 Å². The summed E-state index contributed by atoms with van der Waals surface area (Å²) in [5.74, 6) is -0.382. The fourth-order valence-electron chi connectivity index (χ4n) is 1.73. The lowest BCUT2D eigenvalue weighted by atomic mass is 10.2. The van der Waals surface area contributed by atoms with Crippen molar-refractivity contribution in [3.8, 4) is 0 Å². The molecule has 2 rings (SSSR count). The third-order valence-corrected chi connectivity index (χ3v) is 3.17. The van der Waals surface area contributed by atoms with Crippen molar-refractivity contribution in [3.63, 3.8) is 0 Å². The Hall–Kier alpha value is -2.74. The molecule has 0 spiro atoms. The second-order valence-corrected chi connectivity index (χ2v) is 4.73. The average molecular weight is 322 g/mol. The number of carbonyl (C=O) groups excluding carboxylic acids is 1. The van der Waals surface area contributed by atoms with Crippen LogP contribution in [0, 0.1) is 17.0 Å². The summed E-state index contributed by atoms with van der Waals surface area (Å²) in [6.45, 7) is 1.33. The monoisotopic (exact) mass is 321 g/mol. The van der Waals surface area contributed by atoms with Crippen LogP contribution in [0.5, 0.6) is 0 Å². The lowest BCUT2D eigenvalue weighted by Gasteiger charge is -2.02. The molecule has 1 amide bonds. The van der Waals surface area contributed by atoms with Crippen LogP contribution in [-0.4, -0.2) is 26.6 Å². The molecule has 2 aromatic rings. The van der Waals surface area contributed by atoms with Crippen molar-refractivity contribution in [2.45, 2.75) is 13.5 Å². The number of nitrogens with one attached hydrogen (secondary N) is 1. The molecule has 0 bridgehead atoms. The second kappa shape index (κ2) is 6.81. The summed E-state index contributed by atoms with van der Waals surface area (Å²) in [7, 11) is 0. The maximum atomic E-state index is 11.8. The van der Waals surface area contributed by atoms with Gasteiger partial charge >= 0.3 is 5.82 Å². The Morgan fingerprint density at radius 3 is 2.95 bits per heavy atom. The maximum Gasteiger partial charge on any atom is 0.343 e. The van der Waals surface area contributed by atoms with Crippen molar-refractivity contribution in [1.82, 2.24) is 15.0 Å². The van der Waals surface area contributed by atoms with Gasteiger partial charge in [0.05, 0.1) is 6.21 Å². The molecule has 0 aliphatic rings. The van der Waals surface area contributed by atoms with Crippen molar-refractivity contribution in [1.29, 1.82) is 0 Å². The predicted molar refractivity (Wildman–Crippen MR) is 80.8 cm³/mol. The van der Waals surface area contributed by atoms with E-state index in [1.54, 1.807) is 31.2 Å². The molecule has 0 fully saturated rings. The quantitative estimate of drug-likeness (QED) is 0.516. The van der Waals surface area contributed by atoms with Gasteiger partial charge in [0.1, 0.15) is 6.20 Å². The molecule has 1 aromatic carbocycles. The third-order valence-electron chi connectivity index (χ3n) is 2.82. The summed E-state index contributed by atoms with van der Waals surface area (Å²) in [5.41, 5.74) is 2.94. The largest absolute Gasteiger partial charge is 0.358 e. The van der Waals surface area contributed by atoms with Gasteiger partial charge < -0.3 is 10.1 Å². The Balaban J connectivity index is 2.01. The van der Waals surface area contributed by atoms with Gasteiger partial charge in [-0.15, -0.1) is 0 Å². The van der Waals surface area contributed by atoms with Crippen LogP contribution < -0.4 is 5.43 Å². The molecule has 0 aliphatic carbocycles. The van der Waals surface area contributed by atoms with Crippen LogP contribution >= 0.6 is 11.6 Å². The van der Waals surface area contributed by atoms with Crippen LogP contribution in [-0.2, 0) is 11.3 Å². The highest BCUT2D eigenvalue weighted by molar-refractivity contribution is 6.33. The molecule has 114 valence electrons. The fourth-order valence-corrected chi connectivity index (χ4v) is 1.91. The van der Waals surface area contributed by atoms with Gasteiger partial charge in [-0.3, -0.25) is 4.79 Å². The molecule has 1 aromatic heterocycles. The number of benzene rings is 1. The molecular formula is C13H12ClN5O3. The SMILES string of the molecule is Cc1ncc([N+](=O)[O-])n1CC(=O)N/N=C/c1ccccc1Cl. The molecule has 0 saturated heterocycles. The van der Waals surface area contributed by atoms with Gasteiger partial charge in [0.15, 0.2) is 12.4 Å². The first-order chi connectivity index (χ1) is 10.5. The van der Waals surface area contributed by atoms with E-state index >= 15 is 0 Å². The van der Waals surface area contributed by atoms with E-state index in [-0.39, 0.29) is 12.4 Å². The normalized spacial score (nSPS) is 10.8. The number of halogens is 1. The molecule has 0 atom stereocenters. The van der Waals surface area contributed by atoms with Gasteiger partial charge in [0.2, 0.25) is 0 Å². The molecule has 8 nitrogen and oxygen atoms in total. The summed E-state index contributed by atoms with van der Waals surface area (Å²) in [4.78, 5) is 25.8. The predicted octanol–water partition coefficient (Wildman–Crippen LogP) is 1.90. The highest BCUT2D eigenvalue weighted by Gasteiger charge is 2.19. The number of nitrogens with zero attached hydrogens (tertiary/aromatic N) is 4. The Kier molecular flexibility index (Phi) is 4.84. The topological polar surface area (TPSA) is 102 Å². The van der Waals surface area contributed by atoms with Gasteiger partial charge in [-0.05, 0) is 11.0 Å². The Morgan fingerprint density at radius 2 is 2.27 bits per heavy atom. The van der Waals surface area contributed by atoms with E-state index < -0.39 is 10.8 Å². The minimum atomic E-state index is -0.597. The van der Waals surface area contributed by atoms with Crippen LogP contribution in [0.4, 0.5) is 5.82 Å². The fraction of sp³-hybridized carbons (Fsp3) is 0.154. The molecule has 9 heteroatoms. The van der Waals surface area contributed by atoms with E-state index in [2.05, 4.69) is 15.5 Å². The Bertz CT molecular complexity index is 741. The number of aryl methyl sites for hydroxylation is 1. The van der Waals surface area contributed by atoms with Crippen LogP contribution in [0.2, 0.25) is 5.02 Å². The molecular weight excluding hydrogens is 310 g/mol. The highest BCUT2D eigenvalue weighted by atomic mass is 35.5. The maximum absolute atomic E-state index is 11.8. The van der Waals surface area contributed by atoms with E-state index in [1.165, 1.54) is 10.8 Å². The van der Waals surface area contributed by atoms with Gasteiger partial charge in [0.25, 0.3) is 5.91 Å². The van der Waals surface area contributed by atoms with Crippen molar-refractivity contribution >= 4 is 29.5 Å². The first kappa shape index (κ1) is 15.6. The zero-order valence-corrected chi connectivity index (χ0v) is 12.3. The van der Waals surface area contributed by atoms with Crippen molar-refractivity contribution in [2.24, 2.45) is 5.10 Å². The van der Waals surface area contributed by atoms with Crippen LogP contribution in [0.15, 0.2) is 35.6 Å². The standard InChI is InChI=1S/C13H12ClN5O3/c1-9-15-7-13(19(21)22)18(9)8-12(20)17-16-6-10-4-2-3-5-11(10)14/h2-7H,8H2,1H3,(H,17,20)/b16-6+. The molecule has 22 heavy (non-hydrogen) atoms. The summed E-state index contributed by atoms with van der Waals surface area (Å²) in [5, 5.41) is 15.1. The van der Waals surface area contributed by atoms with Gasteiger partial charge in [0, 0.05) is 17.5 Å². The number of imidazole rings is 1. The molecule has 0 radical (unpaired) electrons. The molecule has 0 saturated carbocycles. The lowest BCUT2D eigenvalue weighted by molar-refractivity contribution is -0.392. The second-order valence-electron chi connectivity index (χ2n) is 4.32. The number of hydrazone groups is 1. The van der Waals surface area contributed by atoms with Crippen molar-refractivity contribution < 1.29 is 9.72 Å². The van der Waals surface area contributed by atoms with Crippen molar-refractivity contribution in [2.75, 3.05) is 0 Å². The van der Waals surface area contributed by atoms with Gasteiger partial charge in [-0.25, -0.2) is 15.0 Å². The van der Waals surface area contributed by atoms with Crippen LogP contribution in [0.3, 0.4) is 0 Å². The lowest BCUT2D eigenvalue weighted by Crippen LogP contribution is -2.24. The zero-order valence-electron chi connectivity index (χ0n) is 11.6. The van der Waals surface area contributed by atoms with E-state index in [4.69, 9.17) is 11.6 Å². The third kappa shape index (κ3) is 3.67. The number of amides is 1. The van der Waals surface area contributed by atoms with E-state index in [9.17, 15) is 14.9 Å². The molecule has 1 heterocycles. The van der Waals surface area contributed by atoms with Crippen molar-refractivity contribution in [3.05, 3.63) is 57.0 Å². The number of aromatic nitrogens is 2. The smallest absolute Gasteiger partial charge is 0.343 e. The summed E-state index contributed by atoms with van der Waals surface area (Å²) < 4.78 is 1.19. The van der Waals surface area contributed by atoms with Gasteiger partial charge in [-0.1, -0.05) is 29.8 Å². The summed E-state index contributed by atoms with van der Waals surface area (Å²) >= 11 is 5.94. The minimum Gasteiger partial charge on any atom is -0.358 e. The van der Waals surface area contributed by atoms with Gasteiger partial charge in [-0.2, -0.15) is 5.10 Å². The first-order valence-electron chi connectivity index (χ1n) is 6.22. The van der Waals surface area contributed by atoms with Crippen LogP contribution in [0.25, 0.3) is 0 Å². The minimum absolute atomic E-state index is 0.247. The molecule has 1 N–H and O–H groups in total. The number of carbonyl (C=O) groups is 1. The number of hydrogen-bond acceptors (Lipinski definition) is 5. The summed E-state index contributed by atoms with van der Waals surface area (Å²) in [6, 6.07) is 7.00. The highest BCUT2D eigenvalue weighted by Crippen LogP contribution is 2.13. The van der Waals surface area contributed by atoms with Crippen LogP contribution in [0.1, 0.15) is 11.4 Å². The summed E-state index contributed by atoms with van der Waals surface area (Å²) in [6.07, 6.45) is 2.50. The molecule has 0 unspecified atom stereocenters. The average Bonchev–Trinajstić information content (AvgIpc) is 2.82. The number of nitro groups is 1. The molecule has 0 aliphatic heterocycles. The Labute approximate surface area is 130 Å². The Morgan fingerprint density at radius 1 is 1.55 bits per heavy atom. The number of rotatable bonds is 5. The zero-order chi connectivity index (χ0) is 16.1. The van der Waals surface area contributed by atoms with E-state index in [0.29, 0.717) is 16.4 Å². The van der Waals surface area contributed by atoms with E-state index in [0.717, 1.165) is 6.20 Å². The number of hydrogen-bond donors (Lipinski definition) is 1. The first-order valence-corrected chi connectivity index (χ1v) is 6.60.